The zero-order chi connectivity index (χ0) is 29.4. The van der Waals surface area contributed by atoms with Crippen molar-refractivity contribution in [2.24, 2.45) is 0 Å². The average Bonchev–Trinajstić information content (AvgIpc) is 3.45. The van der Waals surface area contributed by atoms with Crippen LogP contribution in [0.4, 0.5) is 5.69 Å². The van der Waals surface area contributed by atoms with Gasteiger partial charge < -0.3 is 19.9 Å². The molecule has 0 saturated carbocycles. The number of carbonyl (C=O) groups excluding carboxylic acids is 2. The first-order valence-electron chi connectivity index (χ1n) is 12.9. The molecule has 2 N–H and O–H groups in total. The molecule has 0 aliphatic rings. The van der Waals surface area contributed by atoms with E-state index in [1.165, 1.54) is 10.9 Å². The van der Waals surface area contributed by atoms with Gasteiger partial charge in [0.15, 0.2) is 17.3 Å². The zero-order valence-electron chi connectivity index (χ0n) is 22.9. The van der Waals surface area contributed by atoms with Crippen molar-refractivity contribution in [1.29, 1.82) is 0 Å². The van der Waals surface area contributed by atoms with Crippen LogP contribution in [0.3, 0.4) is 0 Å². The fourth-order valence-electron chi connectivity index (χ4n) is 3.89. The Hall–Kier alpha value is -5.25. The van der Waals surface area contributed by atoms with Gasteiger partial charge >= 0.3 is 5.97 Å². The van der Waals surface area contributed by atoms with Crippen LogP contribution >= 0.6 is 0 Å². The number of nitrogen functional groups attached to an aromatic ring is 1. The Morgan fingerprint density at radius 3 is 2.32 bits per heavy atom. The number of nitrogens with zero attached hydrogens (tertiary/aromatic N) is 4. The van der Waals surface area contributed by atoms with Crippen LogP contribution in [0, 0.1) is 0 Å². The second-order valence-corrected chi connectivity index (χ2v) is 9.27. The maximum absolute atomic E-state index is 13.5. The van der Waals surface area contributed by atoms with Crippen molar-refractivity contribution in [3.63, 3.8) is 0 Å². The van der Waals surface area contributed by atoms with Crippen LogP contribution in [0.2, 0.25) is 0 Å². The normalized spacial score (nSPS) is 10.7. The standard InChI is InChI=1S/C31H31N5O5/c1-5-17-39-28-25(27(37)19-21-7-9-23(10-8-21)31(38)40-18-6-2)15-16-26(29(28)41-20(3)4)36-34-30(33-35-36)22-11-13-24(32)14-12-22/h5-16,20H,1-2,17-19,32H2,3-4H3. The largest absolute Gasteiger partial charge is 0.485 e. The minimum absolute atomic E-state index is 0.0652. The highest BCUT2D eigenvalue weighted by molar-refractivity contribution is 6.01. The van der Waals surface area contributed by atoms with Gasteiger partial charge in [-0.05, 0) is 73.2 Å². The third kappa shape index (κ3) is 7.04. The van der Waals surface area contributed by atoms with Gasteiger partial charge in [0.2, 0.25) is 5.82 Å². The fraction of sp³-hybridized carbons (Fsp3) is 0.194. The lowest BCUT2D eigenvalue weighted by molar-refractivity contribution is 0.0549. The number of hydrogen-bond donors (Lipinski definition) is 1. The predicted molar refractivity (Wildman–Crippen MR) is 155 cm³/mol. The van der Waals surface area contributed by atoms with Crippen LogP contribution in [0.15, 0.2) is 86.0 Å². The molecular formula is C31H31N5O5. The SMILES string of the molecule is C=CCOC(=O)c1ccc(CC(=O)c2ccc(-n3nnc(-c4ccc(N)cc4)n3)c(OC(C)C)c2OCC=C)cc1. The van der Waals surface area contributed by atoms with Crippen molar-refractivity contribution >= 4 is 17.4 Å². The highest BCUT2D eigenvalue weighted by atomic mass is 16.5. The number of carbonyl (C=O) groups is 2. The molecule has 0 amide bonds. The molecule has 0 atom stereocenters. The topological polar surface area (TPSA) is 131 Å². The predicted octanol–water partition coefficient (Wildman–Crippen LogP) is 5.03. The van der Waals surface area contributed by atoms with Crippen LogP contribution < -0.4 is 15.2 Å². The molecule has 0 radical (unpaired) electrons. The summed E-state index contributed by atoms with van der Waals surface area (Å²) in [6.07, 6.45) is 2.89. The first kappa shape index (κ1) is 28.8. The van der Waals surface area contributed by atoms with Gasteiger partial charge in [-0.3, -0.25) is 4.79 Å². The van der Waals surface area contributed by atoms with E-state index in [0.29, 0.717) is 39.6 Å². The Balaban J connectivity index is 1.68. The van der Waals surface area contributed by atoms with Gasteiger partial charge in [0, 0.05) is 17.7 Å². The lowest BCUT2D eigenvalue weighted by Gasteiger charge is -2.20. The minimum Gasteiger partial charge on any atom is -0.485 e. The first-order valence-corrected chi connectivity index (χ1v) is 12.9. The van der Waals surface area contributed by atoms with Gasteiger partial charge in [0.25, 0.3) is 0 Å². The molecule has 10 nitrogen and oxygen atoms in total. The van der Waals surface area contributed by atoms with Crippen LogP contribution in [0.5, 0.6) is 11.5 Å². The van der Waals surface area contributed by atoms with E-state index >= 15 is 0 Å². The lowest BCUT2D eigenvalue weighted by Crippen LogP contribution is -2.15. The molecule has 0 fully saturated rings. The van der Waals surface area contributed by atoms with Gasteiger partial charge in [0.05, 0.1) is 17.2 Å². The quantitative estimate of drug-likeness (QED) is 0.105. The summed E-state index contributed by atoms with van der Waals surface area (Å²) in [5.41, 5.74) is 9.03. The number of tetrazole rings is 1. The van der Waals surface area contributed by atoms with Crippen molar-refractivity contribution in [2.75, 3.05) is 18.9 Å². The number of nitrogens with two attached hydrogens (primary N) is 1. The van der Waals surface area contributed by atoms with Gasteiger partial charge in [-0.25, -0.2) is 4.79 Å². The second kappa shape index (κ2) is 13.2. The van der Waals surface area contributed by atoms with Crippen molar-refractivity contribution in [2.45, 2.75) is 26.4 Å². The summed E-state index contributed by atoms with van der Waals surface area (Å²) >= 11 is 0. The Labute approximate surface area is 238 Å². The van der Waals surface area contributed by atoms with E-state index in [-0.39, 0.29) is 37.3 Å². The van der Waals surface area contributed by atoms with E-state index < -0.39 is 5.97 Å². The number of rotatable bonds is 13. The monoisotopic (exact) mass is 553 g/mol. The number of hydrogen-bond acceptors (Lipinski definition) is 9. The van der Waals surface area contributed by atoms with Crippen molar-refractivity contribution in [1.82, 2.24) is 20.2 Å². The maximum Gasteiger partial charge on any atom is 0.338 e. The highest BCUT2D eigenvalue weighted by Gasteiger charge is 2.24. The molecule has 0 unspecified atom stereocenters. The number of esters is 1. The number of benzene rings is 3. The highest BCUT2D eigenvalue weighted by Crippen LogP contribution is 2.39. The van der Waals surface area contributed by atoms with Crippen molar-refractivity contribution in [3.05, 3.63) is 103 Å². The molecule has 1 aromatic heterocycles. The van der Waals surface area contributed by atoms with Gasteiger partial charge in [-0.2, -0.15) is 0 Å². The molecule has 0 spiro atoms. The van der Waals surface area contributed by atoms with E-state index in [4.69, 9.17) is 19.9 Å². The number of ketones is 1. The van der Waals surface area contributed by atoms with Crippen LogP contribution in [-0.4, -0.2) is 51.3 Å². The molecular weight excluding hydrogens is 522 g/mol. The smallest absolute Gasteiger partial charge is 0.338 e. The Morgan fingerprint density at radius 1 is 0.951 bits per heavy atom. The number of aromatic nitrogens is 4. The third-order valence-electron chi connectivity index (χ3n) is 5.78. The summed E-state index contributed by atoms with van der Waals surface area (Å²) in [6.45, 7) is 11.3. The Bertz CT molecular complexity index is 1540. The van der Waals surface area contributed by atoms with E-state index in [1.54, 1.807) is 66.7 Å². The van der Waals surface area contributed by atoms with Gasteiger partial charge in [-0.15, -0.1) is 15.0 Å². The molecule has 0 aliphatic carbocycles. The van der Waals surface area contributed by atoms with Crippen LogP contribution in [0.1, 0.15) is 40.1 Å². The lowest BCUT2D eigenvalue weighted by atomic mass is 10.00. The molecule has 3 aromatic carbocycles. The molecule has 1 heterocycles. The van der Waals surface area contributed by atoms with E-state index in [2.05, 4.69) is 28.6 Å². The molecule has 4 rings (SSSR count). The fourth-order valence-corrected chi connectivity index (χ4v) is 3.89. The average molecular weight is 554 g/mol. The molecule has 210 valence electrons. The van der Waals surface area contributed by atoms with Crippen LogP contribution in [-0.2, 0) is 11.2 Å². The van der Waals surface area contributed by atoms with E-state index in [1.807, 2.05) is 13.8 Å². The van der Waals surface area contributed by atoms with Crippen LogP contribution in [0.25, 0.3) is 17.1 Å². The summed E-state index contributed by atoms with van der Waals surface area (Å²) in [5.74, 6) is 0.271. The van der Waals surface area contributed by atoms with Crippen molar-refractivity contribution < 1.29 is 23.8 Å². The molecule has 0 saturated heterocycles. The maximum atomic E-state index is 13.5. The third-order valence-corrected chi connectivity index (χ3v) is 5.78. The molecule has 4 aromatic rings. The summed E-state index contributed by atoms with van der Waals surface area (Å²) < 4.78 is 17.2. The minimum atomic E-state index is -0.463. The molecule has 41 heavy (non-hydrogen) atoms. The van der Waals surface area contributed by atoms with E-state index in [9.17, 15) is 9.59 Å². The molecule has 0 aliphatic heterocycles. The number of Topliss-reactive ketones (excluding diaryl/α,β-unsaturated/α-hetero) is 1. The summed E-state index contributed by atoms with van der Waals surface area (Å²) in [7, 11) is 0. The summed E-state index contributed by atoms with van der Waals surface area (Å²) in [4.78, 5) is 26.9. The number of anilines is 1. The molecule has 10 heteroatoms. The van der Waals surface area contributed by atoms with E-state index in [0.717, 1.165) is 5.56 Å². The Kier molecular flexibility index (Phi) is 9.26. The summed E-state index contributed by atoms with van der Waals surface area (Å²) in [6, 6.07) is 17.1. The van der Waals surface area contributed by atoms with Gasteiger partial charge in [-0.1, -0.05) is 37.4 Å². The number of ether oxygens (including phenoxy) is 3. The first-order chi connectivity index (χ1) is 19.8. The Morgan fingerprint density at radius 2 is 1.66 bits per heavy atom. The summed E-state index contributed by atoms with van der Waals surface area (Å²) in [5, 5.41) is 12.9. The van der Waals surface area contributed by atoms with Gasteiger partial charge in [0.1, 0.15) is 18.9 Å². The van der Waals surface area contributed by atoms with Crippen molar-refractivity contribution in [3.8, 4) is 28.6 Å². The second-order valence-electron chi connectivity index (χ2n) is 9.27. The zero-order valence-corrected chi connectivity index (χ0v) is 22.9. The molecule has 0 bridgehead atoms.